The largest absolute Gasteiger partial charge is 0.355 e. The van der Waals surface area contributed by atoms with Crippen molar-refractivity contribution in [2.24, 2.45) is 0 Å². The van der Waals surface area contributed by atoms with Crippen LogP contribution < -0.4 is 10.2 Å². The first-order chi connectivity index (χ1) is 24.7. The molecule has 7 aromatic carbocycles. The number of fused-ring (bicyclic) bond motifs is 4. The SMILES string of the molecule is C=CCCCc1cc(-n2c3ccccc3c3ccccc32)ccc1Nc1cccc(Cc2ccc3ccccc3c2N(C)c2ccccc2)c1. The Morgan fingerprint density at radius 2 is 1.34 bits per heavy atom. The van der Waals surface area contributed by atoms with Crippen LogP contribution in [-0.2, 0) is 12.8 Å². The number of unbranched alkanes of at least 4 members (excludes halogenated alkanes) is 1. The second-order valence-electron chi connectivity index (χ2n) is 13.1. The van der Waals surface area contributed by atoms with E-state index in [0.717, 1.165) is 37.1 Å². The third kappa shape index (κ3) is 6.03. The zero-order valence-electron chi connectivity index (χ0n) is 28.5. The van der Waals surface area contributed by atoms with Crippen LogP contribution >= 0.6 is 0 Å². The number of benzene rings is 7. The molecule has 3 heteroatoms. The molecule has 8 rings (SSSR count). The van der Waals surface area contributed by atoms with Crippen LogP contribution in [0.4, 0.5) is 22.7 Å². The second kappa shape index (κ2) is 13.8. The lowest BCUT2D eigenvalue weighted by molar-refractivity contribution is 0.844. The summed E-state index contributed by atoms with van der Waals surface area (Å²) in [6.45, 7) is 3.98. The highest BCUT2D eigenvalue weighted by Crippen LogP contribution is 2.37. The quantitative estimate of drug-likeness (QED) is 0.111. The highest BCUT2D eigenvalue weighted by atomic mass is 15.1. The van der Waals surface area contributed by atoms with Gasteiger partial charge >= 0.3 is 0 Å². The number of aromatic nitrogens is 1. The summed E-state index contributed by atoms with van der Waals surface area (Å²) in [6, 6.07) is 57.1. The number of hydrogen-bond acceptors (Lipinski definition) is 2. The van der Waals surface area contributed by atoms with E-state index >= 15 is 0 Å². The van der Waals surface area contributed by atoms with Gasteiger partial charge in [-0.25, -0.2) is 0 Å². The van der Waals surface area contributed by atoms with E-state index in [1.165, 1.54) is 66.3 Å². The van der Waals surface area contributed by atoms with Crippen LogP contribution in [0.3, 0.4) is 0 Å². The number of nitrogens with zero attached hydrogens (tertiary/aromatic N) is 2. The molecule has 0 aliphatic heterocycles. The Kier molecular flexibility index (Phi) is 8.63. The fourth-order valence-electron chi connectivity index (χ4n) is 7.44. The van der Waals surface area contributed by atoms with Gasteiger partial charge in [-0.2, -0.15) is 0 Å². The minimum absolute atomic E-state index is 0.825. The lowest BCUT2D eigenvalue weighted by Crippen LogP contribution is -2.12. The maximum atomic E-state index is 3.98. The summed E-state index contributed by atoms with van der Waals surface area (Å²) in [5, 5.41) is 8.89. The molecule has 0 unspecified atom stereocenters. The maximum absolute atomic E-state index is 3.98. The van der Waals surface area contributed by atoms with Crippen LogP contribution in [0.25, 0.3) is 38.3 Å². The zero-order chi connectivity index (χ0) is 33.9. The van der Waals surface area contributed by atoms with Crippen molar-refractivity contribution < 1.29 is 0 Å². The second-order valence-corrected chi connectivity index (χ2v) is 13.1. The van der Waals surface area contributed by atoms with E-state index in [9.17, 15) is 0 Å². The van der Waals surface area contributed by atoms with Gasteiger partial charge in [0.1, 0.15) is 0 Å². The number of aryl methyl sites for hydroxylation is 1. The van der Waals surface area contributed by atoms with Crippen molar-refractivity contribution in [1.82, 2.24) is 4.57 Å². The molecule has 1 heterocycles. The normalized spacial score (nSPS) is 11.3. The van der Waals surface area contributed by atoms with Gasteiger partial charge in [0, 0.05) is 46.0 Å². The molecule has 0 radical (unpaired) electrons. The lowest BCUT2D eigenvalue weighted by atomic mass is 9.97. The summed E-state index contributed by atoms with van der Waals surface area (Å²) in [5.74, 6) is 0. The van der Waals surface area contributed by atoms with Crippen molar-refractivity contribution in [3.63, 3.8) is 0 Å². The minimum atomic E-state index is 0.825. The summed E-state index contributed by atoms with van der Waals surface area (Å²) in [4.78, 5) is 2.33. The van der Waals surface area contributed by atoms with E-state index < -0.39 is 0 Å². The molecule has 3 nitrogen and oxygen atoms in total. The third-order valence-electron chi connectivity index (χ3n) is 9.85. The Morgan fingerprint density at radius 1 is 0.640 bits per heavy atom. The van der Waals surface area contributed by atoms with Gasteiger partial charge in [-0.15, -0.1) is 6.58 Å². The van der Waals surface area contributed by atoms with E-state index in [-0.39, 0.29) is 0 Å². The van der Waals surface area contributed by atoms with Crippen molar-refractivity contribution in [3.05, 3.63) is 187 Å². The van der Waals surface area contributed by atoms with E-state index in [4.69, 9.17) is 0 Å². The van der Waals surface area contributed by atoms with Crippen molar-refractivity contribution in [3.8, 4) is 5.69 Å². The highest BCUT2D eigenvalue weighted by molar-refractivity contribution is 6.09. The van der Waals surface area contributed by atoms with Gasteiger partial charge in [-0.05, 0) is 102 Å². The Morgan fingerprint density at radius 3 is 2.10 bits per heavy atom. The molecule has 1 aromatic heterocycles. The number of anilines is 4. The average molecular weight is 648 g/mol. The minimum Gasteiger partial charge on any atom is -0.355 e. The standard InChI is InChI=1S/C47H41N3/c1-3-4-6-18-36-33-40(50-45-25-13-11-23-42(45)43-24-12-14-26-46(43)50)29-30-44(36)48-38-19-15-16-34(32-38)31-37-28-27-35-17-9-10-22-41(35)47(37)49(2)39-20-7-5-8-21-39/h3,5,7-17,19-30,32-33,48H,1,4,6,18,31H2,2H3. The van der Waals surface area contributed by atoms with E-state index in [0.29, 0.717) is 0 Å². The number of allylic oxidation sites excluding steroid dienone is 1. The first-order valence-electron chi connectivity index (χ1n) is 17.6. The molecular formula is C47H41N3. The predicted molar refractivity (Wildman–Crippen MR) is 215 cm³/mol. The molecule has 0 aliphatic carbocycles. The molecule has 0 fully saturated rings. The fourth-order valence-corrected chi connectivity index (χ4v) is 7.44. The van der Waals surface area contributed by atoms with Gasteiger partial charge in [0.05, 0.1) is 16.7 Å². The number of para-hydroxylation sites is 3. The van der Waals surface area contributed by atoms with E-state index in [1.54, 1.807) is 0 Å². The molecular weight excluding hydrogens is 607 g/mol. The summed E-state index contributed by atoms with van der Waals surface area (Å²) in [5.41, 5.74) is 12.2. The monoisotopic (exact) mass is 647 g/mol. The zero-order valence-corrected chi connectivity index (χ0v) is 28.5. The summed E-state index contributed by atoms with van der Waals surface area (Å²) >= 11 is 0. The molecule has 1 N–H and O–H groups in total. The molecule has 0 amide bonds. The molecule has 0 bridgehead atoms. The Hall–Kier alpha value is -6.06. The smallest absolute Gasteiger partial charge is 0.0541 e. The molecule has 0 spiro atoms. The Labute approximate surface area is 294 Å². The first-order valence-corrected chi connectivity index (χ1v) is 17.6. The van der Waals surface area contributed by atoms with Crippen LogP contribution in [0.5, 0.6) is 0 Å². The molecule has 0 atom stereocenters. The highest BCUT2D eigenvalue weighted by Gasteiger charge is 2.16. The molecule has 50 heavy (non-hydrogen) atoms. The van der Waals surface area contributed by atoms with Crippen LogP contribution in [0, 0.1) is 0 Å². The van der Waals surface area contributed by atoms with Gasteiger partial charge in [0.25, 0.3) is 0 Å². The molecule has 0 saturated heterocycles. The van der Waals surface area contributed by atoms with E-state index in [1.807, 2.05) is 6.08 Å². The van der Waals surface area contributed by atoms with Crippen LogP contribution in [0.1, 0.15) is 29.5 Å². The first kappa shape index (κ1) is 31.2. The van der Waals surface area contributed by atoms with Gasteiger partial charge < -0.3 is 14.8 Å². The predicted octanol–water partition coefficient (Wildman–Crippen LogP) is 12.5. The molecule has 0 saturated carbocycles. The Bertz CT molecular complexity index is 2400. The maximum Gasteiger partial charge on any atom is 0.0541 e. The topological polar surface area (TPSA) is 20.2 Å². The average Bonchev–Trinajstić information content (AvgIpc) is 3.50. The van der Waals surface area contributed by atoms with E-state index in [2.05, 4.69) is 186 Å². The van der Waals surface area contributed by atoms with Crippen molar-refractivity contribution in [2.75, 3.05) is 17.3 Å². The van der Waals surface area contributed by atoms with Crippen molar-refractivity contribution in [2.45, 2.75) is 25.7 Å². The molecule has 8 aromatic rings. The third-order valence-corrected chi connectivity index (χ3v) is 9.85. The fraction of sp³-hybridized carbons (Fsp3) is 0.106. The summed E-state index contributed by atoms with van der Waals surface area (Å²) < 4.78 is 2.40. The van der Waals surface area contributed by atoms with Gasteiger partial charge in [-0.3, -0.25) is 0 Å². The summed E-state index contributed by atoms with van der Waals surface area (Å²) in [7, 11) is 2.18. The van der Waals surface area contributed by atoms with Gasteiger partial charge in [0.2, 0.25) is 0 Å². The molecule has 0 aliphatic rings. The van der Waals surface area contributed by atoms with Crippen molar-refractivity contribution in [1.29, 1.82) is 0 Å². The Balaban J connectivity index is 1.14. The number of hydrogen-bond donors (Lipinski definition) is 1. The van der Waals surface area contributed by atoms with Crippen molar-refractivity contribution >= 4 is 55.3 Å². The van der Waals surface area contributed by atoms with Crippen LogP contribution in [0.15, 0.2) is 170 Å². The number of nitrogens with one attached hydrogen (secondary N) is 1. The van der Waals surface area contributed by atoms with Gasteiger partial charge in [0.15, 0.2) is 0 Å². The lowest BCUT2D eigenvalue weighted by Gasteiger charge is -2.25. The number of rotatable bonds is 11. The van der Waals surface area contributed by atoms with Gasteiger partial charge in [-0.1, -0.05) is 109 Å². The van der Waals surface area contributed by atoms with Crippen LogP contribution in [-0.4, -0.2) is 11.6 Å². The van der Waals surface area contributed by atoms with Crippen LogP contribution in [0.2, 0.25) is 0 Å². The molecule has 244 valence electrons. The summed E-state index contributed by atoms with van der Waals surface area (Å²) in [6.07, 6.45) is 5.84.